The van der Waals surface area contributed by atoms with E-state index in [1.54, 1.807) is 12.1 Å². The first-order valence-electron chi connectivity index (χ1n) is 13.2. The summed E-state index contributed by atoms with van der Waals surface area (Å²) < 4.78 is 93.7. The van der Waals surface area contributed by atoms with Gasteiger partial charge in [0.25, 0.3) is 16.1 Å². The van der Waals surface area contributed by atoms with Gasteiger partial charge in [-0.15, -0.1) is 11.3 Å². The van der Waals surface area contributed by atoms with Crippen molar-refractivity contribution in [3.63, 3.8) is 0 Å². The first-order chi connectivity index (χ1) is 19.9. The first kappa shape index (κ1) is 30.7. The molecule has 42 heavy (non-hydrogen) atoms. The maximum absolute atomic E-state index is 14.7. The van der Waals surface area contributed by atoms with E-state index in [0.29, 0.717) is 30.3 Å². The second-order valence-corrected chi connectivity index (χ2v) is 13.8. The van der Waals surface area contributed by atoms with E-state index in [2.05, 4.69) is 10.4 Å². The molecule has 5 rings (SSSR count). The number of carbonyl (C=O) groups excluding carboxylic acids is 1. The number of hydrogen-bond donors (Lipinski definition) is 1. The maximum Gasteiger partial charge on any atom is 0.392 e. The van der Waals surface area contributed by atoms with Gasteiger partial charge < -0.3 is 10.1 Å². The molecular weight excluding hydrogens is 622 g/mol. The van der Waals surface area contributed by atoms with E-state index < -0.39 is 52.9 Å². The highest BCUT2D eigenvalue weighted by Gasteiger charge is 2.52. The van der Waals surface area contributed by atoms with Gasteiger partial charge in [-0.2, -0.15) is 40.0 Å². The van der Waals surface area contributed by atoms with Crippen LogP contribution in [0, 0.1) is 11.7 Å². The van der Waals surface area contributed by atoms with Gasteiger partial charge in [0.1, 0.15) is 11.5 Å². The number of anilines is 1. The molecule has 16 heteroatoms. The summed E-state index contributed by atoms with van der Waals surface area (Å²) in [5.74, 6) is -5.51. The van der Waals surface area contributed by atoms with Crippen LogP contribution in [0.15, 0.2) is 36.4 Å². The number of piperidine rings is 1. The normalized spacial score (nSPS) is 20.6. The lowest BCUT2D eigenvalue weighted by atomic mass is 9.83. The van der Waals surface area contributed by atoms with Crippen LogP contribution >= 0.6 is 22.9 Å². The van der Waals surface area contributed by atoms with Crippen LogP contribution in [0.5, 0.6) is 5.75 Å². The number of methoxy groups -OCH3 is 1. The molecule has 4 heterocycles. The lowest BCUT2D eigenvalue weighted by molar-refractivity contribution is -0.188. The van der Waals surface area contributed by atoms with Crippen molar-refractivity contribution in [1.82, 2.24) is 18.4 Å². The van der Waals surface area contributed by atoms with E-state index in [4.69, 9.17) is 16.3 Å². The summed E-state index contributed by atoms with van der Waals surface area (Å²) in [5, 5.41) is 7.27. The third-order valence-corrected chi connectivity index (χ3v) is 10.7. The largest absolute Gasteiger partial charge is 0.491 e. The number of halogens is 5. The Morgan fingerprint density at radius 2 is 1.86 bits per heavy atom. The van der Waals surface area contributed by atoms with Crippen molar-refractivity contribution in [2.75, 3.05) is 38.6 Å². The zero-order valence-electron chi connectivity index (χ0n) is 22.4. The van der Waals surface area contributed by atoms with Crippen LogP contribution in [0.2, 0.25) is 4.34 Å². The molecule has 0 saturated carbocycles. The van der Waals surface area contributed by atoms with Crippen LogP contribution in [-0.4, -0.2) is 72.2 Å². The summed E-state index contributed by atoms with van der Waals surface area (Å²) in [6.07, 6.45) is -3.86. The van der Waals surface area contributed by atoms with Crippen molar-refractivity contribution < 1.29 is 35.5 Å². The SMILES string of the molecule is COc1c(C2CN(S(=O)(=O)N3CCCC3)CCC2C(F)(F)F)nn(C(=O)c2ccccc2F)c1NCc1ccc(Cl)s1. The fraction of sp³-hybridized carbons (Fsp3) is 0.462. The Kier molecular flexibility index (Phi) is 8.86. The molecule has 2 atom stereocenters. The van der Waals surface area contributed by atoms with Crippen LogP contribution in [0.4, 0.5) is 23.4 Å². The summed E-state index contributed by atoms with van der Waals surface area (Å²) in [4.78, 5) is 14.3. The van der Waals surface area contributed by atoms with E-state index in [0.717, 1.165) is 19.9 Å². The quantitative estimate of drug-likeness (QED) is 0.331. The third-order valence-electron chi connectivity index (χ3n) is 7.49. The Balaban J connectivity index is 1.60. The predicted octanol–water partition coefficient (Wildman–Crippen LogP) is 5.35. The van der Waals surface area contributed by atoms with Crippen LogP contribution in [-0.2, 0) is 16.8 Å². The summed E-state index contributed by atoms with van der Waals surface area (Å²) >= 11 is 7.28. The van der Waals surface area contributed by atoms with Gasteiger partial charge in [-0.25, -0.2) is 4.39 Å². The number of aromatic nitrogens is 2. The number of nitrogens with zero attached hydrogens (tertiary/aromatic N) is 4. The number of hydrogen-bond acceptors (Lipinski definition) is 7. The van der Waals surface area contributed by atoms with Gasteiger partial charge in [-0.05, 0) is 43.5 Å². The number of benzene rings is 1. The second-order valence-electron chi connectivity index (χ2n) is 10.0. The number of rotatable bonds is 8. The molecule has 0 radical (unpaired) electrons. The van der Waals surface area contributed by atoms with Gasteiger partial charge >= 0.3 is 6.18 Å². The maximum atomic E-state index is 14.7. The van der Waals surface area contributed by atoms with E-state index in [9.17, 15) is 30.8 Å². The molecule has 3 aromatic rings. The molecule has 0 spiro atoms. The lowest BCUT2D eigenvalue weighted by Gasteiger charge is -2.39. The highest BCUT2D eigenvalue weighted by Crippen LogP contribution is 2.47. The molecule has 2 aliphatic heterocycles. The lowest BCUT2D eigenvalue weighted by Crippen LogP contribution is -2.51. The molecule has 2 aliphatic rings. The van der Waals surface area contributed by atoms with Gasteiger partial charge in [0, 0.05) is 37.0 Å². The molecule has 1 N–H and O–H groups in total. The minimum absolute atomic E-state index is 0.0919. The molecular formula is C26H28ClF4N5O4S2. The average molecular weight is 650 g/mol. The molecule has 2 saturated heterocycles. The summed E-state index contributed by atoms with van der Waals surface area (Å²) in [6, 6.07) is 8.55. The molecule has 0 amide bonds. The van der Waals surface area contributed by atoms with Crippen molar-refractivity contribution >= 4 is 44.9 Å². The number of ether oxygens (including phenoxy) is 1. The van der Waals surface area contributed by atoms with Crippen molar-refractivity contribution in [2.24, 2.45) is 5.92 Å². The number of thiophene rings is 1. The number of alkyl halides is 3. The minimum Gasteiger partial charge on any atom is -0.491 e. The molecule has 1 aromatic carbocycles. The standard InChI is InChI=1S/C26H28ClF4N5O4S2/c1-40-23-22(18-15-35(13-10-19(18)26(29,30)31)42(38,39)34-11-4-5-12-34)33-36(25(37)17-6-2-3-7-20(17)28)24(23)32-14-16-8-9-21(27)41-16/h2-3,6-9,18-19,32H,4-5,10-15H2,1H3. The van der Waals surface area contributed by atoms with E-state index in [1.807, 2.05) is 0 Å². The highest BCUT2D eigenvalue weighted by atomic mass is 35.5. The van der Waals surface area contributed by atoms with Crippen molar-refractivity contribution in [2.45, 2.75) is 37.9 Å². The fourth-order valence-corrected chi connectivity index (χ4v) is 8.17. The number of nitrogens with one attached hydrogen (secondary N) is 1. The predicted molar refractivity (Wildman–Crippen MR) is 150 cm³/mol. The van der Waals surface area contributed by atoms with Crippen molar-refractivity contribution in [3.05, 3.63) is 62.7 Å². The smallest absolute Gasteiger partial charge is 0.392 e. The first-order valence-corrected chi connectivity index (χ1v) is 15.8. The van der Waals surface area contributed by atoms with Crippen molar-refractivity contribution in [1.29, 1.82) is 0 Å². The van der Waals surface area contributed by atoms with Crippen LogP contribution < -0.4 is 10.1 Å². The van der Waals surface area contributed by atoms with E-state index >= 15 is 0 Å². The minimum atomic E-state index is -4.69. The van der Waals surface area contributed by atoms with E-state index in [-0.39, 0.29) is 35.9 Å². The van der Waals surface area contributed by atoms with E-state index in [1.165, 1.54) is 41.0 Å². The van der Waals surface area contributed by atoms with Crippen LogP contribution in [0.1, 0.15) is 46.1 Å². The van der Waals surface area contributed by atoms with Gasteiger partial charge in [-0.3, -0.25) is 4.79 Å². The topological polar surface area (TPSA) is 96.8 Å². The molecule has 2 unspecified atom stereocenters. The Hall–Kier alpha value is -2.72. The Labute approximate surface area is 249 Å². The van der Waals surface area contributed by atoms with Gasteiger partial charge in [-0.1, -0.05) is 23.7 Å². The Morgan fingerprint density at radius 1 is 1.14 bits per heavy atom. The third kappa shape index (κ3) is 6.02. The van der Waals surface area contributed by atoms with Gasteiger partial charge in [0.15, 0.2) is 11.6 Å². The number of carbonyl (C=O) groups is 1. The monoisotopic (exact) mass is 649 g/mol. The Morgan fingerprint density at radius 3 is 2.48 bits per heavy atom. The molecule has 2 fully saturated rings. The zero-order valence-corrected chi connectivity index (χ0v) is 24.8. The van der Waals surface area contributed by atoms with Gasteiger partial charge in [0.2, 0.25) is 0 Å². The molecule has 228 valence electrons. The second kappa shape index (κ2) is 12.1. The molecule has 0 bridgehead atoms. The van der Waals surface area contributed by atoms with Crippen LogP contribution in [0.3, 0.4) is 0 Å². The van der Waals surface area contributed by atoms with Crippen LogP contribution in [0.25, 0.3) is 0 Å². The fourth-order valence-electron chi connectivity index (χ4n) is 5.42. The highest BCUT2D eigenvalue weighted by molar-refractivity contribution is 7.86. The average Bonchev–Trinajstić information content (AvgIpc) is 3.71. The summed E-state index contributed by atoms with van der Waals surface area (Å²) in [6.45, 7) is -0.151. The van der Waals surface area contributed by atoms with Crippen molar-refractivity contribution in [3.8, 4) is 5.75 Å². The molecule has 9 nitrogen and oxygen atoms in total. The van der Waals surface area contributed by atoms with Gasteiger partial charge in [0.05, 0.1) is 29.5 Å². The summed E-state index contributed by atoms with van der Waals surface area (Å²) in [5.41, 5.74) is -0.608. The molecule has 2 aromatic heterocycles. The zero-order chi connectivity index (χ0) is 30.2. The summed E-state index contributed by atoms with van der Waals surface area (Å²) in [7, 11) is -2.80. The molecule has 0 aliphatic carbocycles. The Bertz CT molecular complexity index is 1560.